The zero-order valence-electron chi connectivity index (χ0n) is 14.0. The molecule has 0 atom stereocenters. The van der Waals surface area contributed by atoms with Gasteiger partial charge in [0.05, 0.1) is 22.2 Å². The van der Waals surface area contributed by atoms with E-state index in [0.717, 1.165) is 11.3 Å². The number of hydrogen-bond donors (Lipinski definition) is 0. The molecule has 1 saturated heterocycles. The highest BCUT2D eigenvalue weighted by Crippen LogP contribution is 2.36. The lowest BCUT2D eigenvalue weighted by atomic mass is 10.1. The topological polar surface area (TPSA) is 57.2 Å². The van der Waals surface area contributed by atoms with Crippen molar-refractivity contribution >= 4 is 46.0 Å². The van der Waals surface area contributed by atoms with Crippen LogP contribution in [0.15, 0.2) is 76.1 Å². The number of carbonyl (C=O) groups is 1. The summed E-state index contributed by atoms with van der Waals surface area (Å²) in [6.07, 6.45) is 1.68. The molecule has 130 valence electrons. The summed E-state index contributed by atoms with van der Waals surface area (Å²) < 4.78 is 6.33. The molecule has 27 heavy (non-hydrogen) atoms. The summed E-state index contributed by atoms with van der Waals surface area (Å²) in [6, 6.07) is 22.3. The van der Waals surface area contributed by atoms with Crippen LogP contribution in [0, 0.1) is 11.3 Å². The van der Waals surface area contributed by atoms with E-state index in [1.165, 1.54) is 16.7 Å². The van der Waals surface area contributed by atoms with Crippen molar-refractivity contribution in [2.45, 2.75) is 0 Å². The van der Waals surface area contributed by atoms with E-state index in [-0.39, 0.29) is 5.91 Å². The predicted octanol–water partition coefficient (Wildman–Crippen LogP) is 5.22. The van der Waals surface area contributed by atoms with Gasteiger partial charge in [0.15, 0.2) is 4.32 Å². The second kappa shape index (κ2) is 7.23. The Morgan fingerprint density at radius 1 is 1.04 bits per heavy atom. The fraction of sp³-hybridized carbons (Fsp3) is 0. The first-order valence-electron chi connectivity index (χ1n) is 8.10. The number of amides is 1. The monoisotopic (exact) mass is 388 g/mol. The SMILES string of the molecule is N#Cc1ccccc1-c1ccc(/C=C2/SC(=S)N(c3ccccc3)C2=O)o1. The van der Waals surface area contributed by atoms with Crippen molar-refractivity contribution in [2.75, 3.05) is 4.90 Å². The maximum atomic E-state index is 12.8. The Hall–Kier alpha value is -3.14. The summed E-state index contributed by atoms with van der Waals surface area (Å²) in [5.41, 5.74) is 2.00. The average Bonchev–Trinajstić information content (AvgIpc) is 3.27. The molecule has 1 aromatic heterocycles. The smallest absolute Gasteiger partial charge is 0.270 e. The fourth-order valence-corrected chi connectivity index (χ4v) is 4.05. The average molecular weight is 388 g/mol. The Kier molecular flexibility index (Phi) is 4.63. The number of para-hydroxylation sites is 1. The molecule has 1 fully saturated rings. The minimum atomic E-state index is -0.174. The normalized spacial score (nSPS) is 15.4. The Morgan fingerprint density at radius 2 is 1.78 bits per heavy atom. The quantitative estimate of drug-likeness (QED) is 0.454. The van der Waals surface area contributed by atoms with Crippen LogP contribution < -0.4 is 4.90 Å². The number of thiocarbonyl (C=S) groups is 1. The highest BCUT2D eigenvalue weighted by atomic mass is 32.2. The molecule has 1 amide bonds. The largest absolute Gasteiger partial charge is 0.457 e. The van der Waals surface area contributed by atoms with Gasteiger partial charge in [-0.25, -0.2) is 0 Å². The van der Waals surface area contributed by atoms with Crippen molar-refractivity contribution in [3.63, 3.8) is 0 Å². The highest BCUT2D eigenvalue weighted by molar-refractivity contribution is 8.27. The number of thioether (sulfide) groups is 1. The lowest BCUT2D eigenvalue weighted by Crippen LogP contribution is -2.27. The number of hydrogen-bond acceptors (Lipinski definition) is 5. The van der Waals surface area contributed by atoms with Gasteiger partial charge in [0.1, 0.15) is 11.5 Å². The van der Waals surface area contributed by atoms with Crippen molar-refractivity contribution in [3.05, 3.63) is 83.0 Å². The van der Waals surface area contributed by atoms with E-state index in [1.807, 2.05) is 42.5 Å². The van der Waals surface area contributed by atoms with Crippen LogP contribution in [0.2, 0.25) is 0 Å². The van der Waals surface area contributed by atoms with Crippen LogP contribution >= 0.6 is 24.0 Å². The van der Waals surface area contributed by atoms with E-state index in [1.54, 1.807) is 30.3 Å². The minimum Gasteiger partial charge on any atom is -0.457 e. The van der Waals surface area contributed by atoms with Crippen LogP contribution in [0.25, 0.3) is 17.4 Å². The van der Waals surface area contributed by atoms with E-state index >= 15 is 0 Å². The molecule has 0 aliphatic carbocycles. The van der Waals surface area contributed by atoms with Crippen molar-refractivity contribution in [1.82, 2.24) is 0 Å². The van der Waals surface area contributed by atoms with Crippen LogP contribution in [0.5, 0.6) is 0 Å². The Balaban J connectivity index is 1.64. The molecule has 6 heteroatoms. The number of carbonyl (C=O) groups excluding carboxylic acids is 1. The third-order valence-corrected chi connectivity index (χ3v) is 5.32. The molecule has 3 aromatic rings. The molecule has 2 aromatic carbocycles. The molecule has 1 aliphatic heterocycles. The molecule has 4 nitrogen and oxygen atoms in total. The Morgan fingerprint density at radius 3 is 2.56 bits per heavy atom. The number of nitriles is 1. The third-order valence-electron chi connectivity index (χ3n) is 4.02. The van der Waals surface area contributed by atoms with Gasteiger partial charge in [-0.15, -0.1) is 0 Å². The Labute approximate surface area is 165 Å². The predicted molar refractivity (Wildman–Crippen MR) is 111 cm³/mol. The van der Waals surface area contributed by atoms with Crippen molar-refractivity contribution < 1.29 is 9.21 Å². The summed E-state index contributed by atoms with van der Waals surface area (Å²) >= 11 is 6.61. The van der Waals surface area contributed by atoms with Crippen LogP contribution in [0.3, 0.4) is 0 Å². The summed E-state index contributed by atoms with van der Waals surface area (Å²) in [5.74, 6) is 0.940. The molecule has 0 saturated carbocycles. The lowest BCUT2D eigenvalue weighted by Gasteiger charge is -2.13. The van der Waals surface area contributed by atoms with Gasteiger partial charge in [-0.05, 0) is 36.4 Å². The molecule has 0 bridgehead atoms. The lowest BCUT2D eigenvalue weighted by molar-refractivity contribution is -0.113. The van der Waals surface area contributed by atoms with Crippen LogP contribution in [0.1, 0.15) is 11.3 Å². The molecular weight excluding hydrogens is 376 g/mol. The molecule has 4 rings (SSSR count). The molecule has 2 heterocycles. The van der Waals surface area contributed by atoms with Gasteiger partial charge >= 0.3 is 0 Å². The van der Waals surface area contributed by atoms with Gasteiger partial charge < -0.3 is 4.42 Å². The molecule has 0 unspecified atom stereocenters. The highest BCUT2D eigenvalue weighted by Gasteiger charge is 2.33. The maximum Gasteiger partial charge on any atom is 0.270 e. The number of nitrogens with zero attached hydrogens (tertiary/aromatic N) is 2. The Bertz CT molecular complexity index is 1110. The molecule has 0 N–H and O–H groups in total. The van der Waals surface area contributed by atoms with Gasteiger partial charge in [0.25, 0.3) is 5.91 Å². The first kappa shape index (κ1) is 17.3. The molecule has 0 spiro atoms. The van der Waals surface area contributed by atoms with E-state index < -0.39 is 0 Å². The van der Waals surface area contributed by atoms with E-state index in [0.29, 0.717) is 26.3 Å². The van der Waals surface area contributed by atoms with Gasteiger partial charge in [0.2, 0.25) is 0 Å². The molecular formula is C21H12N2O2S2. The van der Waals surface area contributed by atoms with Gasteiger partial charge in [-0.2, -0.15) is 5.26 Å². The number of rotatable bonds is 3. The third kappa shape index (κ3) is 3.31. The van der Waals surface area contributed by atoms with Crippen LogP contribution in [0.4, 0.5) is 5.69 Å². The van der Waals surface area contributed by atoms with Crippen molar-refractivity contribution in [3.8, 4) is 17.4 Å². The molecule has 0 radical (unpaired) electrons. The number of anilines is 1. The summed E-state index contributed by atoms with van der Waals surface area (Å²) in [5, 5.41) is 9.25. The molecule has 1 aliphatic rings. The fourth-order valence-electron chi connectivity index (χ4n) is 2.77. The van der Waals surface area contributed by atoms with E-state index in [4.69, 9.17) is 16.6 Å². The van der Waals surface area contributed by atoms with Gasteiger partial charge in [-0.1, -0.05) is 54.3 Å². The summed E-state index contributed by atoms with van der Waals surface area (Å²) in [6.45, 7) is 0. The van der Waals surface area contributed by atoms with Crippen LogP contribution in [-0.2, 0) is 4.79 Å². The van der Waals surface area contributed by atoms with Gasteiger partial charge in [0, 0.05) is 11.6 Å². The van der Waals surface area contributed by atoms with E-state index in [9.17, 15) is 10.1 Å². The van der Waals surface area contributed by atoms with Crippen LogP contribution in [-0.4, -0.2) is 10.2 Å². The second-order valence-electron chi connectivity index (χ2n) is 5.71. The van der Waals surface area contributed by atoms with Gasteiger partial charge in [-0.3, -0.25) is 9.69 Å². The second-order valence-corrected chi connectivity index (χ2v) is 7.39. The number of furan rings is 1. The minimum absolute atomic E-state index is 0.174. The zero-order chi connectivity index (χ0) is 18.8. The maximum absolute atomic E-state index is 12.8. The summed E-state index contributed by atoms with van der Waals surface area (Å²) in [4.78, 5) is 14.8. The van der Waals surface area contributed by atoms with E-state index in [2.05, 4.69) is 6.07 Å². The summed E-state index contributed by atoms with van der Waals surface area (Å²) in [7, 11) is 0. The number of benzene rings is 2. The standard InChI is InChI=1S/C21H12N2O2S2/c22-13-14-6-4-5-9-17(14)18-11-10-16(25-18)12-19-20(24)23(21(26)27-19)15-7-2-1-3-8-15/h1-12H/b19-12+. The van der Waals surface area contributed by atoms with Crippen molar-refractivity contribution in [2.24, 2.45) is 0 Å². The first-order valence-corrected chi connectivity index (χ1v) is 9.32. The zero-order valence-corrected chi connectivity index (χ0v) is 15.6. The van der Waals surface area contributed by atoms with Crippen molar-refractivity contribution in [1.29, 1.82) is 5.26 Å². The first-order chi connectivity index (χ1) is 13.2.